The zero-order valence-corrected chi connectivity index (χ0v) is 9.62. The summed E-state index contributed by atoms with van der Waals surface area (Å²) in [6.45, 7) is 0.578. The van der Waals surface area contributed by atoms with Crippen LogP contribution >= 0.6 is 11.3 Å². The number of aromatic amines is 1. The highest BCUT2D eigenvalue weighted by atomic mass is 32.1. The molecule has 5 nitrogen and oxygen atoms in total. The average molecular weight is 236 g/mol. The van der Waals surface area contributed by atoms with Crippen molar-refractivity contribution >= 4 is 22.9 Å². The Kier molecular flexibility index (Phi) is 2.91. The molecule has 0 unspecified atom stereocenters. The topological polar surface area (TPSA) is 75.0 Å². The van der Waals surface area contributed by atoms with Crippen LogP contribution in [0.1, 0.15) is 15.4 Å². The molecule has 0 aliphatic heterocycles. The second-order valence-corrected chi connectivity index (χ2v) is 4.47. The Bertz CT molecular complexity index is 477. The van der Waals surface area contributed by atoms with Gasteiger partial charge in [-0.15, -0.1) is 11.3 Å². The SMILES string of the molecule is CN(Cc1cccs1)C(=O)c1[nH]ncc1N. The lowest BCUT2D eigenvalue weighted by Crippen LogP contribution is -2.26. The van der Waals surface area contributed by atoms with Crippen LogP contribution in [0, 0.1) is 0 Å². The van der Waals surface area contributed by atoms with Crippen LogP contribution in [-0.2, 0) is 6.54 Å². The first kappa shape index (κ1) is 10.7. The first-order valence-corrected chi connectivity index (χ1v) is 5.63. The molecule has 6 heteroatoms. The summed E-state index contributed by atoms with van der Waals surface area (Å²) in [5, 5.41) is 8.31. The Morgan fingerprint density at radius 1 is 1.69 bits per heavy atom. The van der Waals surface area contributed by atoms with Crippen LogP contribution in [0.5, 0.6) is 0 Å². The third-order valence-corrected chi connectivity index (χ3v) is 3.06. The smallest absolute Gasteiger partial charge is 0.274 e. The molecule has 0 fully saturated rings. The quantitative estimate of drug-likeness (QED) is 0.844. The first-order chi connectivity index (χ1) is 7.68. The number of aromatic nitrogens is 2. The number of nitrogen functional groups attached to an aromatic ring is 1. The van der Waals surface area contributed by atoms with Gasteiger partial charge in [0.1, 0.15) is 5.69 Å². The fraction of sp³-hybridized carbons (Fsp3) is 0.200. The van der Waals surface area contributed by atoms with Crippen molar-refractivity contribution in [3.63, 3.8) is 0 Å². The highest BCUT2D eigenvalue weighted by Crippen LogP contribution is 2.14. The molecule has 1 amide bonds. The molecule has 2 heterocycles. The fourth-order valence-electron chi connectivity index (χ4n) is 1.37. The molecule has 3 N–H and O–H groups in total. The van der Waals surface area contributed by atoms with Gasteiger partial charge in [0.2, 0.25) is 0 Å². The predicted octanol–water partition coefficient (Wildman–Crippen LogP) is 1.33. The number of hydrogen-bond donors (Lipinski definition) is 2. The Labute approximate surface area is 96.9 Å². The maximum Gasteiger partial charge on any atom is 0.274 e. The van der Waals surface area contributed by atoms with Gasteiger partial charge in [-0.05, 0) is 11.4 Å². The van der Waals surface area contributed by atoms with Gasteiger partial charge in [-0.25, -0.2) is 0 Å². The number of thiophene rings is 1. The largest absolute Gasteiger partial charge is 0.396 e. The van der Waals surface area contributed by atoms with Crippen molar-refractivity contribution in [3.8, 4) is 0 Å². The van der Waals surface area contributed by atoms with E-state index in [1.165, 1.54) is 6.20 Å². The summed E-state index contributed by atoms with van der Waals surface area (Å²) in [4.78, 5) is 14.7. The van der Waals surface area contributed by atoms with Crippen molar-refractivity contribution in [2.24, 2.45) is 0 Å². The van der Waals surface area contributed by atoms with E-state index in [0.29, 0.717) is 17.9 Å². The Balaban J connectivity index is 2.08. The summed E-state index contributed by atoms with van der Waals surface area (Å²) in [5.41, 5.74) is 6.34. The molecule has 84 valence electrons. The van der Waals surface area contributed by atoms with Gasteiger partial charge in [-0.3, -0.25) is 9.89 Å². The molecule has 2 aromatic rings. The minimum atomic E-state index is -0.150. The van der Waals surface area contributed by atoms with Gasteiger partial charge in [0.05, 0.1) is 18.4 Å². The molecular formula is C10H12N4OS. The summed E-state index contributed by atoms with van der Waals surface area (Å²) >= 11 is 1.62. The van der Waals surface area contributed by atoms with Crippen molar-refractivity contribution in [1.82, 2.24) is 15.1 Å². The van der Waals surface area contributed by atoms with Crippen LogP contribution in [0.3, 0.4) is 0 Å². The molecule has 0 saturated heterocycles. The van der Waals surface area contributed by atoms with E-state index in [0.717, 1.165) is 4.88 Å². The number of hydrogen-bond acceptors (Lipinski definition) is 4. The number of nitrogens with two attached hydrogens (primary N) is 1. The first-order valence-electron chi connectivity index (χ1n) is 4.75. The highest BCUT2D eigenvalue weighted by molar-refractivity contribution is 7.09. The van der Waals surface area contributed by atoms with Crippen LogP contribution in [-0.4, -0.2) is 28.1 Å². The maximum atomic E-state index is 11.9. The number of anilines is 1. The van der Waals surface area contributed by atoms with Crippen LogP contribution in [0.4, 0.5) is 5.69 Å². The van der Waals surface area contributed by atoms with E-state index in [4.69, 9.17) is 5.73 Å². The van der Waals surface area contributed by atoms with Crippen LogP contribution in [0.2, 0.25) is 0 Å². The lowest BCUT2D eigenvalue weighted by atomic mass is 10.3. The van der Waals surface area contributed by atoms with Crippen LogP contribution in [0.15, 0.2) is 23.7 Å². The molecule has 0 aliphatic rings. The summed E-state index contributed by atoms with van der Waals surface area (Å²) in [6.07, 6.45) is 1.44. The third-order valence-electron chi connectivity index (χ3n) is 2.20. The third kappa shape index (κ3) is 2.06. The number of nitrogens with one attached hydrogen (secondary N) is 1. The van der Waals surface area contributed by atoms with E-state index in [1.54, 1.807) is 23.3 Å². The Hall–Kier alpha value is -1.82. The molecule has 0 aromatic carbocycles. The summed E-state index contributed by atoms with van der Waals surface area (Å²) in [5.74, 6) is -0.150. The van der Waals surface area contributed by atoms with Crippen LogP contribution in [0.25, 0.3) is 0 Å². The van der Waals surface area contributed by atoms with Crippen molar-refractivity contribution < 1.29 is 4.79 Å². The molecular weight excluding hydrogens is 224 g/mol. The molecule has 0 saturated carbocycles. The zero-order chi connectivity index (χ0) is 11.5. The summed E-state index contributed by atoms with van der Waals surface area (Å²) < 4.78 is 0. The van der Waals surface area contributed by atoms with E-state index in [1.807, 2.05) is 17.5 Å². The van der Waals surface area contributed by atoms with Gasteiger partial charge in [-0.2, -0.15) is 5.10 Å². The second-order valence-electron chi connectivity index (χ2n) is 3.44. The normalized spacial score (nSPS) is 10.3. The monoisotopic (exact) mass is 236 g/mol. The Morgan fingerprint density at radius 2 is 2.50 bits per heavy atom. The van der Waals surface area contributed by atoms with Crippen molar-refractivity contribution in [2.75, 3.05) is 12.8 Å². The lowest BCUT2D eigenvalue weighted by Gasteiger charge is -2.15. The van der Waals surface area contributed by atoms with Gasteiger partial charge >= 0.3 is 0 Å². The molecule has 0 aliphatic carbocycles. The Morgan fingerprint density at radius 3 is 3.06 bits per heavy atom. The molecule has 2 aromatic heterocycles. The number of nitrogens with zero attached hydrogens (tertiary/aromatic N) is 2. The molecule has 2 rings (SSSR count). The standard InChI is InChI=1S/C10H12N4OS/c1-14(6-7-3-2-4-16-7)10(15)9-8(11)5-12-13-9/h2-5H,6,11H2,1H3,(H,12,13). The number of rotatable bonds is 3. The number of carbonyl (C=O) groups is 1. The van der Waals surface area contributed by atoms with Crippen molar-refractivity contribution in [1.29, 1.82) is 0 Å². The van der Waals surface area contributed by atoms with Gasteiger partial charge in [-0.1, -0.05) is 6.07 Å². The van der Waals surface area contributed by atoms with Gasteiger partial charge in [0, 0.05) is 11.9 Å². The molecule has 16 heavy (non-hydrogen) atoms. The molecule has 0 radical (unpaired) electrons. The minimum Gasteiger partial charge on any atom is -0.396 e. The minimum absolute atomic E-state index is 0.150. The van der Waals surface area contributed by atoms with Gasteiger partial charge in [0.25, 0.3) is 5.91 Å². The number of carbonyl (C=O) groups excluding carboxylic acids is 1. The predicted molar refractivity (Wildman–Crippen MR) is 63.1 cm³/mol. The molecule has 0 bridgehead atoms. The highest BCUT2D eigenvalue weighted by Gasteiger charge is 2.16. The summed E-state index contributed by atoms with van der Waals surface area (Å²) in [6, 6.07) is 3.95. The molecule has 0 atom stereocenters. The zero-order valence-electron chi connectivity index (χ0n) is 8.80. The van der Waals surface area contributed by atoms with Crippen molar-refractivity contribution in [3.05, 3.63) is 34.3 Å². The van der Waals surface area contributed by atoms with E-state index >= 15 is 0 Å². The maximum absolute atomic E-state index is 11.9. The summed E-state index contributed by atoms with van der Waals surface area (Å²) in [7, 11) is 1.74. The number of H-pyrrole nitrogens is 1. The van der Waals surface area contributed by atoms with Gasteiger partial charge in [0.15, 0.2) is 0 Å². The van der Waals surface area contributed by atoms with Crippen molar-refractivity contribution in [2.45, 2.75) is 6.54 Å². The van der Waals surface area contributed by atoms with Gasteiger partial charge < -0.3 is 10.6 Å². The fourth-order valence-corrected chi connectivity index (χ4v) is 2.12. The second kappa shape index (κ2) is 4.36. The van der Waals surface area contributed by atoms with E-state index < -0.39 is 0 Å². The van der Waals surface area contributed by atoms with Crippen LogP contribution < -0.4 is 5.73 Å². The van der Waals surface area contributed by atoms with E-state index in [-0.39, 0.29) is 5.91 Å². The lowest BCUT2D eigenvalue weighted by molar-refractivity contribution is 0.0781. The average Bonchev–Trinajstić information content (AvgIpc) is 2.88. The number of amides is 1. The van der Waals surface area contributed by atoms with E-state index in [2.05, 4.69) is 10.2 Å². The van der Waals surface area contributed by atoms with E-state index in [9.17, 15) is 4.79 Å². The molecule has 0 spiro atoms.